The fourth-order valence-electron chi connectivity index (χ4n) is 1.88. The number of carbonyl (C=O) groups is 1. The van der Waals surface area contributed by atoms with Gasteiger partial charge in [0.05, 0.1) is 0 Å². The van der Waals surface area contributed by atoms with Crippen molar-refractivity contribution in [3.05, 3.63) is 58.2 Å². The third-order valence-electron chi connectivity index (χ3n) is 2.96. The van der Waals surface area contributed by atoms with Crippen LogP contribution in [0.5, 0.6) is 0 Å². The number of benzene rings is 1. The molecule has 0 spiro atoms. The number of esters is 1. The summed E-state index contributed by atoms with van der Waals surface area (Å²) in [5.41, 5.74) is 1.42. The average Bonchev–Trinajstić information content (AvgIpc) is 3.14. The van der Waals surface area contributed by atoms with Gasteiger partial charge >= 0.3 is 11.7 Å². The molecule has 8 nitrogen and oxygen atoms in total. The maximum Gasteiger partial charge on any atom is 0.361 e. The number of ether oxygens (including phenoxy) is 1. The van der Waals surface area contributed by atoms with E-state index in [1.807, 2.05) is 31.2 Å². The van der Waals surface area contributed by atoms with Gasteiger partial charge in [0.2, 0.25) is 0 Å². The number of nitrogens with one attached hydrogen (secondary N) is 2. The lowest BCUT2D eigenvalue weighted by atomic mass is 10.1. The van der Waals surface area contributed by atoms with Gasteiger partial charge in [-0.15, -0.1) is 0 Å². The zero-order chi connectivity index (χ0) is 15.5. The lowest BCUT2D eigenvalue weighted by Crippen LogP contribution is -2.08. The summed E-state index contributed by atoms with van der Waals surface area (Å²) in [6, 6.07) is 7.47. The first-order valence-electron chi connectivity index (χ1n) is 6.44. The summed E-state index contributed by atoms with van der Waals surface area (Å²) < 4.78 is 10.3. The van der Waals surface area contributed by atoms with Gasteiger partial charge in [0, 0.05) is 5.56 Å². The molecule has 0 aliphatic rings. The van der Waals surface area contributed by atoms with E-state index in [2.05, 4.69) is 20.2 Å². The maximum atomic E-state index is 12.1. The first kappa shape index (κ1) is 13.8. The number of rotatable bonds is 4. The highest BCUT2D eigenvalue weighted by Crippen LogP contribution is 2.24. The summed E-state index contributed by atoms with van der Waals surface area (Å²) in [6.07, 6.45) is 1.18. The molecule has 2 aromatic heterocycles. The van der Waals surface area contributed by atoms with Crippen molar-refractivity contribution >= 4 is 5.97 Å². The average molecular weight is 300 g/mol. The highest BCUT2D eigenvalue weighted by Gasteiger charge is 2.20. The highest BCUT2D eigenvalue weighted by atomic mass is 16.5. The van der Waals surface area contributed by atoms with E-state index in [0.717, 1.165) is 11.1 Å². The molecule has 1 aromatic carbocycles. The van der Waals surface area contributed by atoms with Gasteiger partial charge in [-0.25, -0.2) is 19.7 Å². The Labute approximate surface area is 124 Å². The summed E-state index contributed by atoms with van der Waals surface area (Å²) in [4.78, 5) is 29.2. The van der Waals surface area contributed by atoms with Crippen LogP contribution in [0.2, 0.25) is 0 Å². The summed E-state index contributed by atoms with van der Waals surface area (Å²) in [7, 11) is 0. The van der Waals surface area contributed by atoms with Crippen LogP contribution in [0.1, 0.15) is 21.9 Å². The van der Waals surface area contributed by atoms with E-state index in [-0.39, 0.29) is 18.1 Å². The van der Waals surface area contributed by atoms with Crippen LogP contribution >= 0.6 is 0 Å². The molecule has 3 rings (SSSR count). The molecule has 0 radical (unpaired) electrons. The molecule has 0 atom stereocenters. The largest absolute Gasteiger partial charge is 0.453 e. The van der Waals surface area contributed by atoms with Crippen molar-refractivity contribution in [1.29, 1.82) is 0 Å². The minimum Gasteiger partial charge on any atom is -0.453 e. The molecular weight excluding hydrogens is 288 g/mol. The number of aromatic amines is 2. The second-order valence-electron chi connectivity index (χ2n) is 4.60. The van der Waals surface area contributed by atoms with Crippen molar-refractivity contribution < 1.29 is 13.9 Å². The third kappa shape index (κ3) is 2.80. The molecule has 0 aliphatic heterocycles. The zero-order valence-electron chi connectivity index (χ0n) is 11.6. The number of aromatic nitrogens is 4. The van der Waals surface area contributed by atoms with E-state index in [1.165, 1.54) is 6.39 Å². The predicted octanol–water partition coefficient (Wildman–Crippen LogP) is 1.42. The van der Waals surface area contributed by atoms with Crippen molar-refractivity contribution in [2.24, 2.45) is 0 Å². The third-order valence-corrected chi connectivity index (χ3v) is 2.96. The Hall–Kier alpha value is -3.16. The molecule has 2 heterocycles. The Kier molecular flexibility index (Phi) is 3.57. The second-order valence-corrected chi connectivity index (χ2v) is 4.60. The Morgan fingerprint density at radius 3 is 2.77 bits per heavy atom. The summed E-state index contributed by atoms with van der Waals surface area (Å²) in [6.45, 7) is 1.79. The van der Waals surface area contributed by atoms with Crippen LogP contribution in [0.25, 0.3) is 11.3 Å². The topological polar surface area (TPSA) is 114 Å². The normalized spacial score (nSPS) is 10.6. The molecule has 2 N–H and O–H groups in total. The van der Waals surface area contributed by atoms with Gasteiger partial charge < -0.3 is 9.15 Å². The lowest BCUT2D eigenvalue weighted by Gasteiger charge is -2.02. The molecule has 22 heavy (non-hydrogen) atoms. The lowest BCUT2D eigenvalue weighted by molar-refractivity contribution is 0.0457. The van der Waals surface area contributed by atoms with E-state index in [4.69, 9.17) is 9.15 Å². The fraction of sp³-hybridized carbons (Fsp3) is 0.143. The van der Waals surface area contributed by atoms with Gasteiger partial charge in [-0.2, -0.15) is 5.10 Å². The summed E-state index contributed by atoms with van der Waals surface area (Å²) in [5, 5.41) is 5.83. The zero-order valence-corrected chi connectivity index (χ0v) is 11.6. The van der Waals surface area contributed by atoms with Crippen molar-refractivity contribution in [3.63, 3.8) is 0 Å². The van der Waals surface area contributed by atoms with Crippen molar-refractivity contribution in [2.75, 3.05) is 0 Å². The van der Waals surface area contributed by atoms with Crippen molar-refractivity contribution in [1.82, 2.24) is 20.2 Å². The number of oxazole rings is 1. The number of H-pyrrole nitrogens is 2. The number of hydrogen-bond donors (Lipinski definition) is 2. The van der Waals surface area contributed by atoms with E-state index >= 15 is 0 Å². The molecule has 112 valence electrons. The molecule has 0 aliphatic carbocycles. The maximum absolute atomic E-state index is 12.1. The number of nitrogens with zero attached hydrogens (tertiary/aromatic N) is 2. The first-order chi connectivity index (χ1) is 10.6. The van der Waals surface area contributed by atoms with E-state index in [1.54, 1.807) is 0 Å². The van der Waals surface area contributed by atoms with Gasteiger partial charge in [0.1, 0.15) is 0 Å². The van der Waals surface area contributed by atoms with Crippen LogP contribution in [0.15, 0.2) is 39.9 Å². The van der Waals surface area contributed by atoms with E-state index in [0.29, 0.717) is 5.76 Å². The summed E-state index contributed by atoms with van der Waals surface area (Å²) in [5.74, 6) is -0.104. The Morgan fingerprint density at radius 1 is 1.32 bits per heavy atom. The summed E-state index contributed by atoms with van der Waals surface area (Å²) >= 11 is 0. The minimum absolute atomic E-state index is 0.0711. The number of aryl methyl sites for hydroxylation is 1. The van der Waals surface area contributed by atoms with Gasteiger partial charge in [-0.05, 0) is 6.92 Å². The van der Waals surface area contributed by atoms with Crippen LogP contribution in [0.3, 0.4) is 0 Å². The second kappa shape index (κ2) is 5.68. The quantitative estimate of drug-likeness (QED) is 0.704. The van der Waals surface area contributed by atoms with Crippen LogP contribution in [0.4, 0.5) is 0 Å². The molecule has 0 unspecified atom stereocenters. The van der Waals surface area contributed by atoms with Crippen LogP contribution in [0, 0.1) is 6.92 Å². The first-order valence-corrected chi connectivity index (χ1v) is 6.44. The fourth-order valence-corrected chi connectivity index (χ4v) is 1.88. The molecule has 0 amide bonds. The molecule has 0 bridgehead atoms. The van der Waals surface area contributed by atoms with E-state index < -0.39 is 11.7 Å². The SMILES string of the molecule is Cc1ccc(-c2ocnc2C(=O)OCc2n[nH]c(=O)[nH]2)cc1. The number of carbonyl (C=O) groups excluding carboxylic acids is 1. The predicted molar refractivity (Wildman–Crippen MR) is 75.0 cm³/mol. The van der Waals surface area contributed by atoms with Crippen LogP contribution in [-0.2, 0) is 11.3 Å². The highest BCUT2D eigenvalue weighted by molar-refractivity contribution is 5.93. The Balaban J connectivity index is 1.77. The Bertz CT molecular complexity index is 844. The van der Waals surface area contributed by atoms with Gasteiger partial charge in [0.15, 0.2) is 30.3 Å². The molecule has 0 saturated carbocycles. The number of hydrogen-bond acceptors (Lipinski definition) is 6. The van der Waals surface area contributed by atoms with Gasteiger partial charge in [-0.3, -0.25) is 4.98 Å². The standard InChI is InChI=1S/C14H12N4O4/c1-8-2-4-9(5-3-8)12-11(15-7-22-12)13(19)21-6-10-16-14(20)18-17-10/h2-5,7H,6H2,1H3,(H2,16,17,18,20). The molecule has 0 fully saturated rings. The molecule has 0 saturated heterocycles. The van der Waals surface area contributed by atoms with Gasteiger partial charge in [-0.1, -0.05) is 29.8 Å². The van der Waals surface area contributed by atoms with E-state index in [9.17, 15) is 9.59 Å². The van der Waals surface area contributed by atoms with Crippen molar-refractivity contribution in [2.45, 2.75) is 13.5 Å². The molecular formula is C14H12N4O4. The molecule has 3 aromatic rings. The van der Waals surface area contributed by atoms with Crippen LogP contribution in [-0.4, -0.2) is 26.1 Å². The van der Waals surface area contributed by atoms with Crippen LogP contribution < -0.4 is 5.69 Å². The van der Waals surface area contributed by atoms with Crippen molar-refractivity contribution in [3.8, 4) is 11.3 Å². The smallest absolute Gasteiger partial charge is 0.361 e. The van der Waals surface area contributed by atoms with Gasteiger partial charge in [0.25, 0.3) is 0 Å². The monoisotopic (exact) mass is 300 g/mol. The minimum atomic E-state index is -0.659. The Morgan fingerprint density at radius 2 is 2.09 bits per heavy atom. The molecule has 8 heteroatoms.